The molecule has 0 aliphatic heterocycles. The van der Waals surface area contributed by atoms with E-state index in [1.54, 1.807) is 0 Å². The molecular weight excluding hydrogens is 265 g/mol. The number of nitrogens with one attached hydrogen (secondary N) is 1. The van der Waals surface area contributed by atoms with Crippen molar-refractivity contribution in [3.8, 4) is 0 Å². The van der Waals surface area contributed by atoms with E-state index in [2.05, 4.69) is 12.2 Å². The summed E-state index contributed by atoms with van der Waals surface area (Å²) in [4.78, 5) is 17.0. The van der Waals surface area contributed by atoms with Gasteiger partial charge in [-0.1, -0.05) is 11.5 Å². The fourth-order valence-electron chi connectivity index (χ4n) is 0.329. The third-order valence-electron chi connectivity index (χ3n) is 0.931. The molecule has 0 bridgehead atoms. The normalized spacial score (nSPS) is 7.18. The fraction of sp³-hybridized carbons (Fsp3) is 1.00. The quantitative estimate of drug-likeness (QED) is 0.222. The van der Waals surface area contributed by atoms with E-state index in [1.807, 2.05) is 0 Å². The molecule has 0 aromatic rings. The second-order valence-corrected chi connectivity index (χ2v) is 2.79. The third-order valence-corrected chi connectivity index (χ3v) is 0.931. The summed E-state index contributed by atoms with van der Waals surface area (Å²) in [7, 11) is -3.37. The number of nitrogens with two attached hydrogens (primary N) is 3. The molecule has 0 aromatic carbocycles. The second kappa shape index (κ2) is 36.1. The molecular formula is C7H22N4Na2O3P+. The Balaban J connectivity index is -0.0000000425. The van der Waals surface area contributed by atoms with Crippen LogP contribution in [0.1, 0.15) is 13.3 Å². The van der Waals surface area contributed by atoms with Crippen LogP contribution in [0.3, 0.4) is 0 Å². The first-order valence-corrected chi connectivity index (χ1v) is 5.78. The topological polar surface area (TPSA) is 153 Å². The zero-order valence-corrected chi connectivity index (χ0v) is 16.0. The van der Waals surface area contributed by atoms with Crippen LogP contribution in [0.5, 0.6) is 0 Å². The summed E-state index contributed by atoms with van der Waals surface area (Å²) < 4.78 is 8.48. The molecule has 0 aliphatic rings. The standard InChI is InChI=1S/C4H13N3.C3H9N.2Na.HO3P/c5-1-3-7-4-2-6;1-2-3-4;;;1-4(2)3/h7H,1-6H2;2-4H2,1H3;;;(H,1,2,3)/q;;2*+1;/p-1. The van der Waals surface area contributed by atoms with Crippen molar-refractivity contribution in [2.24, 2.45) is 17.2 Å². The Morgan fingerprint density at radius 1 is 1.00 bits per heavy atom. The maximum absolute atomic E-state index is 8.48. The van der Waals surface area contributed by atoms with Crippen molar-refractivity contribution in [3.05, 3.63) is 0 Å². The largest absolute Gasteiger partial charge is 1.00 e. The van der Waals surface area contributed by atoms with Gasteiger partial charge >= 0.3 is 59.1 Å². The van der Waals surface area contributed by atoms with Gasteiger partial charge in [-0.3, -0.25) is 0 Å². The Hall–Kier alpha value is 1.86. The van der Waals surface area contributed by atoms with Gasteiger partial charge in [0.25, 0.3) is 8.25 Å². The van der Waals surface area contributed by atoms with Gasteiger partial charge in [0, 0.05) is 26.2 Å². The smallest absolute Gasteiger partial charge is 0.598 e. The van der Waals surface area contributed by atoms with Crippen molar-refractivity contribution >= 4 is 8.25 Å². The van der Waals surface area contributed by atoms with Crippen LogP contribution in [-0.4, -0.2) is 32.7 Å². The van der Waals surface area contributed by atoms with Crippen LogP contribution in [0.2, 0.25) is 0 Å². The van der Waals surface area contributed by atoms with Gasteiger partial charge in [-0.05, 0) is 13.0 Å². The molecule has 0 saturated carbocycles. The zero-order chi connectivity index (χ0) is 12.5. The van der Waals surface area contributed by atoms with Crippen molar-refractivity contribution in [2.45, 2.75) is 13.3 Å². The van der Waals surface area contributed by atoms with Gasteiger partial charge < -0.3 is 32.3 Å². The minimum Gasteiger partial charge on any atom is -0.598 e. The molecule has 0 aromatic heterocycles. The van der Waals surface area contributed by atoms with Crippen molar-refractivity contribution in [1.29, 1.82) is 0 Å². The van der Waals surface area contributed by atoms with E-state index in [0.29, 0.717) is 13.1 Å². The Kier molecular flexibility index (Phi) is 66.5. The first-order valence-electron chi connectivity index (χ1n) is 4.69. The van der Waals surface area contributed by atoms with E-state index in [-0.39, 0.29) is 59.1 Å². The Morgan fingerprint density at radius 3 is 1.35 bits per heavy atom. The zero-order valence-electron chi connectivity index (χ0n) is 11.1. The predicted octanol–water partition coefficient (Wildman–Crippen LogP) is -8.78. The number of rotatable bonds is 5. The average molecular weight is 287 g/mol. The molecule has 0 fully saturated rings. The summed E-state index contributed by atoms with van der Waals surface area (Å²) in [6.07, 6.45) is 1.10. The first-order chi connectivity index (χ1) is 7.06. The molecule has 10 heteroatoms. The monoisotopic (exact) mass is 287 g/mol. The molecule has 0 rings (SSSR count). The van der Waals surface area contributed by atoms with Crippen LogP contribution in [-0.2, 0) is 4.57 Å². The van der Waals surface area contributed by atoms with Gasteiger partial charge in [0.1, 0.15) is 0 Å². The average Bonchev–Trinajstić information content (AvgIpc) is 2.18. The summed E-state index contributed by atoms with van der Waals surface area (Å²) in [5.41, 5.74) is 15.4. The Labute approximate surface area is 149 Å². The minimum atomic E-state index is -3.37. The first kappa shape index (κ1) is 31.3. The van der Waals surface area contributed by atoms with Gasteiger partial charge in [-0.15, -0.1) is 0 Å². The molecule has 7 nitrogen and oxygen atoms in total. The molecule has 0 atom stereocenters. The molecule has 7 N–H and O–H groups in total. The van der Waals surface area contributed by atoms with E-state index >= 15 is 0 Å². The van der Waals surface area contributed by atoms with Crippen molar-refractivity contribution in [3.63, 3.8) is 0 Å². The maximum atomic E-state index is 8.48. The Morgan fingerprint density at radius 2 is 1.24 bits per heavy atom. The predicted molar refractivity (Wildman–Crippen MR) is 57.9 cm³/mol. The third kappa shape index (κ3) is 95.5. The molecule has 0 heterocycles. The van der Waals surface area contributed by atoms with E-state index in [9.17, 15) is 0 Å². The van der Waals surface area contributed by atoms with Crippen molar-refractivity contribution < 1.29 is 73.5 Å². The van der Waals surface area contributed by atoms with E-state index in [4.69, 9.17) is 31.6 Å². The SMILES string of the molecule is CCCN.NCCNCCN.O=[P+]([O-])[O-].[Na+].[Na+]. The molecule has 94 valence electrons. The summed E-state index contributed by atoms with van der Waals surface area (Å²) >= 11 is 0. The van der Waals surface area contributed by atoms with Crippen molar-refractivity contribution in [2.75, 3.05) is 32.7 Å². The van der Waals surface area contributed by atoms with Gasteiger partial charge in [-0.2, -0.15) is 0 Å². The molecule has 0 spiro atoms. The van der Waals surface area contributed by atoms with Gasteiger partial charge in [0.15, 0.2) is 0 Å². The van der Waals surface area contributed by atoms with Crippen LogP contribution in [0.15, 0.2) is 0 Å². The number of hydrogen-bond donors (Lipinski definition) is 4. The summed E-state index contributed by atoms with van der Waals surface area (Å²) in [5, 5.41) is 3.03. The van der Waals surface area contributed by atoms with Crippen LogP contribution in [0.4, 0.5) is 0 Å². The van der Waals surface area contributed by atoms with Crippen LogP contribution in [0.25, 0.3) is 0 Å². The molecule has 0 unspecified atom stereocenters. The van der Waals surface area contributed by atoms with Gasteiger partial charge in [0.05, 0.1) is 0 Å². The van der Waals surface area contributed by atoms with Crippen LogP contribution >= 0.6 is 8.25 Å². The summed E-state index contributed by atoms with van der Waals surface area (Å²) in [5.74, 6) is 0. The number of hydrogen-bond acceptors (Lipinski definition) is 7. The van der Waals surface area contributed by atoms with Crippen LogP contribution < -0.4 is 91.4 Å². The Bertz CT molecular complexity index is 117. The van der Waals surface area contributed by atoms with E-state index in [0.717, 1.165) is 26.1 Å². The van der Waals surface area contributed by atoms with Crippen molar-refractivity contribution in [1.82, 2.24) is 5.32 Å². The molecule has 17 heavy (non-hydrogen) atoms. The van der Waals surface area contributed by atoms with E-state index in [1.165, 1.54) is 0 Å². The summed E-state index contributed by atoms with van der Waals surface area (Å²) in [6, 6.07) is 0. The second-order valence-electron chi connectivity index (χ2n) is 2.34. The minimum absolute atomic E-state index is 0. The maximum Gasteiger partial charge on any atom is 1.00 e. The van der Waals surface area contributed by atoms with E-state index < -0.39 is 8.25 Å². The molecule has 0 radical (unpaired) electrons. The van der Waals surface area contributed by atoms with Crippen LogP contribution in [0, 0.1) is 0 Å². The molecule has 0 aliphatic carbocycles. The summed E-state index contributed by atoms with van der Waals surface area (Å²) in [6.45, 7) is 6.01. The van der Waals surface area contributed by atoms with Gasteiger partial charge in [-0.25, -0.2) is 0 Å². The fourth-order valence-corrected chi connectivity index (χ4v) is 0.329. The molecule has 0 saturated heterocycles. The molecule has 0 amide bonds. The van der Waals surface area contributed by atoms with Gasteiger partial charge in [0.2, 0.25) is 0 Å².